The molecule has 52 heavy (non-hydrogen) atoms. The average Bonchev–Trinajstić information content (AvgIpc) is 3.85. The standard InChI is InChI=1S/C29H31BF2N8O7.C2H5NO2/c1-27(2,42)39-12-17(25(32)36-39)22-20(14-8-15-10-34-40(29(45,46)47)23(15)18(31)9-14)21-24(37(3)16-6-4-5-7-16)19(11-33-26(21)35-22)38(13-41)28(30,43)44;1-5-2(3)4/h8-13,16,42-47H,4-7H2,1-3H3,(H,33,35);1H3,(H2,3,4). The fourth-order valence-corrected chi connectivity index (χ4v) is 6.23. The fourth-order valence-electron chi connectivity index (χ4n) is 6.23. The van der Waals surface area contributed by atoms with E-state index in [0.29, 0.717) is 4.90 Å². The molecular weight excluding hydrogens is 691 g/mol. The third kappa shape index (κ3) is 7.13. The van der Waals surface area contributed by atoms with Crippen molar-refractivity contribution in [3.8, 4) is 22.4 Å². The van der Waals surface area contributed by atoms with Crippen molar-refractivity contribution in [1.82, 2.24) is 29.5 Å². The number of primary amides is 1. The SMILES string of the molecule is COC(N)=O.[B]C(O)(O)N(C=O)c1cnc2[nH]c(-c3cn(C(C)(C)O)nc3F)c(-c3cc(F)c4c(cnn4C(O)(O)O)c3)c2c1N(C)C1CCCC1. The molecule has 2 amide bonds. The van der Waals surface area contributed by atoms with E-state index in [1.807, 2.05) is 4.90 Å². The summed E-state index contributed by atoms with van der Waals surface area (Å²) >= 11 is 0. The van der Waals surface area contributed by atoms with E-state index >= 15 is 8.78 Å². The van der Waals surface area contributed by atoms with Gasteiger partial charge in [0.2, 0.25) is 12.4 Å². The largest absolute Gasteiger partial charge is 0.453 e. The lowest BCUT2D eigenvalue weighted by Gasteiger charge is -2.35. The number of aromatic nitrogens is 6. The number of methoxy groups -OCH3 is 1. The van der Waals surface area contributed by atoms with Crippen LogP contribution in [-0.2, 0) is 21.4 Å². The number of aromatic amines is 1. The Morgan fingerprint density at radius 1 is 1.13 bits per heavy atom. The molecule has 18 nitrogen and oxygen atoms in total. The van der Waals surface area contributed by atoms with E-state index in [9.17, 15) is 40.2 Å². The first kappa shape index (κ1) is 38.1. The van der Waals surface area contributed by atoms with Gasteiger partial charge < -0.3 is 51.0 Å². The molecule has 6 rings (SSSR count). The van der Waals surface area contributed by atoms with Gasteiger partial charge in [0.15, 0.2) is 19.4 Å². The first-order valence-electron chi connectivity index (χ1n) is 15.6. The molecule has 0 atom stereocenters. The Balaban J connectivity index is 0.000000979. The topological polar surface area (TPSA) is 262 Å². The molecule has 276 valence electrons. The number of rotatable bonds is 9. The minimum Gasteiger partial charge on any atom is -0.453 e. The summed E-state index contributed by atoms with van der Waals surface area (Å²) in [7, 11) is 8.52. The van der Waals surface area contributed by atoms with Crippen molar-refractivity contribution in [1.29, 1.82) is 0 Å². The molecule has 1 aliphatic carbocycles. The molecule has 9 N–H and O–H groups in total. The fraction of sp³-hybridized carbons (Fsp3) is 0.387. The highest BCUT2D eigenvalue weighted by Crippen LogP contribution is 2.48. The Morgan fingerprint density at radius 2 is 1.77 bits per heavy atom. The maximum absolute atomic E-state index is 15.9. The van der Waals surface area contributed by atoms with Crippen molar-refractivity contribution < 1.29 is 53.7 Å². The number of benzene rings is 1. The number of nitrogens with one attached hydrogen (secondary N) is 1. The summed E-state index contributed by atoms with van der Waals surface area (Å²) in [4.78, 5) is 31.3. The van der Waals surface area contributed by atoms with E-state index in [4.69, 9.17) is 7.85 Å². The predicted molar refractivity (Wildman–Crippen MR) is 181 cm³/mol. The van der Waals surface area contributed by atoms with Gasteiger partial charge in [0.05, 0.1) is 47.5 Å². The van der Waals surface area contributed by atoms with E-state index in [1.54, 1.807) is 7.05 Å². The molecule has 0 saturated heterocycles. The lowest BCUT2D eigenvalue weighted by atomic mass is 9.96. The number of pyridine rings is 1. The maximum atomic E-state index is 15.9. The van der Waals surface area contributed by atoms with Gasteiger partial charge in [-0.3, -0.25) is 9.69 Å². The van der Waals surface area contributed by atoms with Crippen LogP contribution in [-0.4, -0.2) is 107 Å². The summed E-state index contributed by atoms with van der Waals surface area (Å²) in [5.74, 6) is -5.22. The number of anilines is 2. The highest BCUT2D eigenvalue weighted by Gasteiger charge is 2.35. The molecule has 1 aromatic carbocycles. The van der Waals surface area contributed by atoms with Crippen molar-refractivity contribution in [3.05, 3.63) is 42.5 Å². The average molecular weight is 727 g/mol. The maximum Gasteiger partial charge on any atom is 0.404 e. The lowest BCUT2D eigenvalue weighted by Crippen LogP contribution is -2.49. The zero-order valence-electron chi connectivity index (χ0n) is 28.3. The number of ether oxygens (including phenoxy) is 1. The molecular formula is C31H36BF2N9O9. The quantitative estimate of drug-likeness (QED) is 0.0594. The van der Waals surface area contributed by atoms with Gasteiger partial charge in [0.1, 0.15) is 17.0 Å². The number of nitrogens with zero attached hydrogens (tertiary/aromatic N) is 7. The van der Waals surface area contributed by atoms with Crippen LogP contribution in [0.5, 0.6) is 0 Å². The van der Waals surface area contributed by atoms with Crippen LogP contribution in [0.25, 0.3) is 44.3 Å². The smallest absolute Gasteiger partial charge is 0.404 e. The van der Waals surface area contributed by atoms with Crippen molar-refractivity contribution in [2.45, 2.75) is 63.2 Å². The molecule has 5 aromatic rings. The van der Waals surface area contributed by atoms with E-state index in [2.05, 4.69) is 30.6 Å². The van der Waals surface area contributed by atoms with Crippen LogP contribution in [0.2, 0.25) is 0 Å². The minimum absolute atomic E-state index is 0.00510. The molecule has 1 saturated carbocycles. The van der Waals surface area contributed by atoms with Crippen LogP contribution in [0.15, 0.2) is 30.7 Å². The highest BCUT2D eigenvalue weighted by atomic mass is 19.1. The number of hydrogen-bond acceptors (Lipinski definition) is 13. The molecule has 1 fully saturated rings. The molecule has 0 aliphatic heterocycles. The van der Waals surface area contributed by atoms with Crippen LogP contribution in [0.1, 0.15) is 39.5 Å². The van der Waals surface area contributed by atoms with Gasteiger partial charge in [-0.1, -0.05) is 12.8 Å². The summed E-state index contributed by atoms with van der Waals surface area (Å²) in [6.45, 7) is 2.78. The zero-order chi connectivity index (χ0) is 38.5. The summed E-state index contributed by atoms with van der Waals surface area (Å²) in [6.07, 6.45) is 2.63. The van der Waals surface area contributed by atoms with Crippen LogP contribution >= 0.6 is 0 Å². The highest BCUT2D eigenvalue weighted by molar-refractivity contribution is 6.18. The van der Waals surface area contributed by atoms with Crippen molar-refractivity contribution in [2.75, 3.05) is 24.0 Å². The van der Waals surface area contributed by atoms with E-state index in [1.165, 1.54) is 39.4 Å². The van der Waals surface area contributed by atoms with Gasteiger partial charge in [-0.15, -0.1) is 5.10 Å². The molecule has 2 radical (unpaired) electrons. The zero-order valence-corrected chi connectivity index (χ0v) is 28.3. The third-order valence-corrected chi connectivity index (χ3v) is 8.61. The number of carbonyl (C=O) groups is 2. The first-order chi connectivity index (χ1) is 24.2. The van der Waals surface area contributed by atoms with Crippen LogP contribution < -0.4 is 15.5 Å². The number of fused-ring (bicyclic) bond motifs is 2. The van der Waals surface area contributed by atoms with Gasteiger partial charge in [-0.2, -0.15) is 14.2 Å². The lowest BCUT2D eigenvalue weighted by molar-refractivity contribution is -0.378. The molecule has 4 heterocycles. The minimum atomic E-state index is -3.53. The number of carbonyl (C=O) groups excluding carboxylic acids is 2. The number of H-pyrrole nitrogens is 1. The van der Waals surface area contributed by atoms with Crippen LogP contribution in [0, 0.1) is 11.8 Å². The van der Waals surface area contributed by atoms with Crippen LogP contribution in [0.3, 0.4) is 0 Å². The van der Waals surface area contributed by atoms with Crippen LogP contribution in [0.4, 0.5) is 25.0 Å². The third-order valence-electron chi connectivity index (χ3n) is 8.61. The van der Waals surface area contributed by atoms with Gasteiger partial charge in [0.25, 0.3) is 0 Å². The normalized spacial score (nSPS) is 14.1. The molecule has 0 unspecified atom stereocenters. The summed E-state index contributed by atoms with van der Waals surface area (Å²) in [5, 5.41) is 68.2. The van der Waals surface area contributed by atoms with Gasteiger partial charge in [-0.05, 0) is 44.4 Å². The van der Waals surface area contributed by atoms with Gasteiger partial charge >= 0.3 is 12.2 Å². The molecule has 1 aliphatic rings. The van der Waals surface area contributed by atoms with E-state index in [-0.39, 0.29) is 67.3 Å². The Hall–Kier alpha value is -5.19. The number of nitrogens with two attached hydrogens (primary N) is 1. The Kier molecular flexibility index (Phi) is 10.1. The summed E-state index contributed by atoms with van der Waals surface area (Å²) < 4.78 is 36.6. The van der Waals surface area contributed by atoms with Gasteiger partial charge in [0, 0.05) is 30.2 Å². The number of aliphatic hydroxyl groups is 6. The predicted octanol–water partition coefficient (Wildman–Crippen LogP) is 0.768. The Morgan fingerprint density at radius 3 is 2.29 bits per heavy atom. The van der Waals surface area contributed by atoms with Gasteiger partial charge in [-0.25, -0.2) is 18.9 Å². The summed E-state index contributed by atoms with van der Waals surface area (Å²) in [5.41, 5.74) is 2.62. The van der Waals surface area contributed by atoms with Crippen molar-refractivity contribution in [3.63, 3.8) is 0 Å². The van der Waals surface area contributed by atoms with Crippen molar-refractivity contribution in [2.24, 2.45) is 5.73 Å². The van der Waals surface area contributed by atoms with E-state index in [0.717, 1.165) is 42.6 Å². The Labute approximate surface area is 294 Å². The molecule has 0 bridgehead atoms. The van der Waals surface area contributed by atoms with Crippen molar-refractivity contribution >= 4 is 53.7 Å². The second-order valence-corrected chi connectivity index (χ2v) is 12.7. The summed E-state index contributed by atoms with van der Waals surface area (Å²) in [6, 6.07) is 2.29. The Bertz CT molecular complexity index is 2130. The second kappa shape index (κ2) is 13.7. The number of hydrogen-bond donors (Lipinski definition) is 8. The molecule has 4 aromatic heterocycles. The molecule has 21 heteroatoms. The first-order valence-corrected chi connectivity index (χ1v) is 15.6. The monoisotopic (exact) mass is 727 g/mol. The number of amides is 2. The second-order valence-electron chi connectivity index (χ2n) is 12.7. The molecule has 0 spiro atoms. The van der Waals surface area contributed by atoms with E-state index < -0.39 is 41.0 Å². The number of halogens is 2.